The van der Waals surface area contributed by atoms with Crippen molar-refractivity contribution in [2.24, 2.45) is 0 Å². The predicted octanol–water partition coefficient (Wildman–Crippen LogP) is 3.90. The predicted molar refractivity (Wildman–Crippen MR) is 77.0 cm³/mol. The number of amides is 2. The van der Waals surface area contributed by atoms with Crippen molar-refractivity contribution in [2.45, 2.75) is 40.0 Å². The number of nitrogens with one attached hydrogen (secondary N) is 1. The second kappa shape index (κ2) is 7.75. The lowest BCUT2D eigenvalue weighted by molar-refractivity contribution is 0.217. The average molecular weight is 248 g/mol. The number of urea groups is 1. The molecule has 0 aromatic heterocycles. The van der Waals surface area contributed by atoms with Gasteiger partial charge in [-0.05, 0) is 44.4 Å². The number of unbranched alkanes of at least 4 members (excludes halogenated alkanes) is 1. The Hall–Kier alpha value is -1.51. The highest BCUT2D eigenvalue weighted by molar-refractivity contribution is 5.89. The maximum Gasteiger partial charge on any atom is 0.321 e. The maximum atomic E-state index is 11.8. The van der Waals surface area contributed by atoms with Crippen LogP contribution in [0.25, 0.3) is 0 Å². The Kier molecular flexibility index (Phi) is 6.26. The molecule has 100 valence electrons. The van der Waals surface area contributed by atoms with Gasteiger partial charge >= 0.3 is 6.03 Å². The molecule has 0 atom stereocenters. The summed E-state index contributed by atoms with van der Waals surface area (Å²) in [5, 5.41) is 2.91. The highest BCUT2D eigenvalue weighted by Crippen LogP contribution is 2.12. The van der Waals surface area contributed by atoms with Crippen LogP contribution < -0.4 is 5.32 Å². The third-order valence-corrected chi connectivity index (χ3v) is 3.07. The number of carbonyl (C=O) groups is 1. The van der Waals surface area contributed by atoms with E-state index in [0.29, 0.717) is 0 Å². The lowest BCUT2D eigenvalue weighted by atomic mass is 10.1. The molecular weight excluding hydrogens is 224 g/mol. The molecule has 3 heteroatoms. The van der Waals surface area contributed by atoms with Gasteiger partial charge in [-0.2, -0.15) is 0 Å². The van der Waals surface area contributed by atoms with E-state index < -0.39 is 0 Å². The van der Waals surface area contributed by atoms with Crippen LogP contribution in [0.5, 0.6) is 0 Å². The van der Waals surface area contributed by atoms with E-state index in [-0.39, 0.29) is 6.03 Å². The second-order valence-corrected chi connectivity index (χ2v) is 4.40. The quantitative estimate of drug-likeness (QED) is 0.813. The summed E-state index contributed by atoms with van der Waals surface area (Å²) in [6, 6.07) is 8.11. The summed E-state index contributed by atoms with van der Waals surface area (Å²) in [5.74, 6) is 0. The highest BCUT2D eigenvalue weighted by Gasteiger charge is 2.08. The highest BCUT2D eigenvalue weighted by atomic mass is 16.2. The molecule has 0 fully saturated rings. The summed E-state index contributed by atoms with van der Waals surface area (Å²) in [6.07, 6.45) is 3.53. The minimum Gasteiger partial charge on any atom is -0.325 e. The fourth-order valence-corrected chi connectivity index (χ4v) is 1.85. The minimum atomic E-state index is -0.0266. The van der Waals surface area contributed by atoms with Crippen LogP contribution in [-0.4, -0.2) is 24.0 Å². The molecule has 3 nitrogen and oxygen atoms in total. The normalized spacial score (nSPS) is 10.2. The summed E-state index contributed by atoms with van der Waals surface area (Å²) >= 11 is 0. The van der Waals surface area contributed by atoms with Crippen LogP contribution in [-0.2, 0) is 6.42 Å². The summed E-state index contributed by atoms with van der Waals surface area (Å²) < 4.78 is 0. The van der Waals surface area contributed by atoms with Crippen molar-refractivity contribution in [1.29, 1.82) is 0 Å². The molecule has 0 unspecified atom stereocenters. The average Bonchev–Trinajstić information content (AvgIpc) is 2.39. The minimum absolute atomic E-state index is 0.0266. The molecular formula is C15H24N2O. The van der Waals surface area contributed by atoms with E-state index in [0.717, 1.165) is 25.2 Å². The van der Waals surface area contributed by atoms with Gasteiger partial charge < -0.3 is 10.2 Å². The number of hydrogen-bond donors (Lipinski definition) is 1. The van der Waals surface area contributed by atoms with E-state index in [2.05, 4.69) is 24.4 Å². The van der Waals surface area contributed by atoms with Gasteiger partial charge in [-0.15, -0.1) is 0 Å². The van der Waals surface area contributed by atoms with E-state index in [9.17, 15) is 4.79 Å². The van der Waals surface area contributed by atoms with Crippen molar-refractivity contribution in [1.82, 2.24) is 4.90 Å². The molecule has 0 heterocycles. The number of rotatable bonds is 6. The van der Waals surface area contributed by atoms with Gasteiger partial charge in [-0.3, -0.25) is 0 Å². The van der Waals surface area contributed by atoms with Gasteiger partial charge in [0, 0.05) is 18.8 Å². The molecule has 0 saturated heterocycles. The van der Waals surface area contributed by atoms with E-state index in [1.165, 1.54) is 18.4 Å². The van der Waals surface area contributed by atoms with Crippen LogP contribution in [0.3, 0.4) is 0 Å². The van der Waals surface area contributed by atoms with Gasteiger partial charge in [-0.1, -0.05) is 25.5 Å². The summed E-state index contributed by atoms with van der Waals surface area (Å²) in [7, 11) is 0. The Labute approximate surface area is 110 Å². The molecule has 0 aliphatic carbocycles. The van der Waals surface area contributed by atoms with Crippen molar-refractivity contribution < 1.29 is 4.79 Å². The van der Waals surface area contributed by atoms with E-state index in [4.69, 9.17) is 0 Å². The molecule has 1 aromatic rings. The number of nitrogens with zero attached hydrogens (tertiary/aromatic N) is 1. The summed E-state index contributed by atoms with van der Waals surface area (Å²) in [4.78, 5) is 13.6. The Morgan fingerprint density at radius 3 is 2.22 bits per heavy atom. The van der Waals surface area contributed by atoms with Crippen LogP contribution in [0.1, 0.15) is 39.2 Å². The van der Waals surface area contributed by atoms with E-state index in [1.54, 1.807) is 4.90 Å². The molecule has 0 aliphatic rings. The Morgan fingerprint density at radius 2 is 1.72 bits per heavy atom. The van der Waals surface area contributed by atoms with Crippen LogP contribution in [0.15, 0.2) is 24.3 Å². The molecule has 1 N–H and O–H groups in total. The van der Waals surface area contributed by atoms with Crippen molar-refractivity contribution >= 4 is 11.7 Å². The number of hydrogen-bond acceptors (Lipinski definition) is 1. The molecule has 0 spiro atoms. The molecule has 0 aliphatic heterocycles. The van der Waals surface area contributed by atoms with Crippen LogP contribution in [0.2, 0.25) is 0 Å². The number of aryl methyl sites for hydroxylation is 1. The van der Waals surface area contributed by atoms with Gasteiger partial charge in [0.2, 0.25) is 0 Å². The largest absolute Gasteiger partial charge is 0.325 e. The smallest absolute Gasteiger partial charge is 0.321 e. The van der Waals surface area contributed by atoms with Crippen LogP contribution in [0.4, 0.5) is 10.5 Å². The fourth-order valence-electron chi connectivity index (χ4n) is 1.85. The first-order valence-corrected chi connectivity index (χ1v) is 6.86. The maximum absolute atomic E-state index is 11.8. The molecule has 0 bridgehead atoms. The summed E-state index contributed by atoms with van der Waals surface area (Å²) in [6.45, 7) is 7.63. The zero-order valence-electron chi connectivity index (χ0n) is 11.7. The Balaban J connectivity index is 2.55. The van der Waals surface area contributed by atoms with Crippen LogP contribution >= 0.6 is 0 Å². The van der Waals surface area contributed by atoms with Gasteiger partial charge in [0.1, 0.15) is 0 Å². The second-order valence-electron chi connectivity index (χ2n) is 4.40. The monoisotopic (exact) mass is 248 g/mol. The fraction of sp³-hybridized carbons (Fsp3) is 0.533. The van der Waals surface area contributed by atoms with Crippen molar-refractivity contribution in [3.63, 3.8) is 0 Å². The van der Waals surface area contributed by atoms with Crippen molar-refractivity contribution in [3.8, 4) is 0 Å². The lowest BCUT2D eigenvalue weighted by Gasteiger charge is -2.19. The number of benzene rings is 1. The molecule has 0 saturated carbocycles. The first kappa shape index (κ1) is 14.6. The molecule has 2 amide bonds. The molecule has 1 rings (SSSR count). The first-order chi connectivity index (χ1) is 8.71. The molecule has 18 heavy (non-hydrogen) atoms. The van der Waals surface area contributed by atoms with Crippen molar-refractivity contribution in [2.75, 3.05) is 18.4 Å². The third-order valence-electron chi connectivity index (χ3n) is 3.07. The van der Waals surface area contributed by atoms with Gasteiger partial charge in [0.15, 0.2) is 0 Å². The van der Waals surface area contributed by atoms with E-state index >= 15 is 0 Å². The summed E-state index contributed by atoms with van der Waals surface area (Å²) in [5.41, 5.74) is 2.20. The topological polar surface area (TPSA) is 32.3 Å². The van der Waals surface area contributed by atoms with Crippen molar-refractivity contribution in [3.05, 3.63) is 29.8 Å². The third kappa shape index (κ3) is 4.40. The number of anilines is 1. The number of carbonyl (C=O) groups excluding carboxylic acids is 1. The molecule has 1 aromatic carbocycles. The first-order valence-electron chi connectivity index (χ1n) is 6.86. The van der Waals surface area contributed by atoms with Gasteiger partial charge in [-0.25, -0.2) is 4.79 Å². The van der Waals surface area contributed by atoms with Crippen LogP contribution in [0, 0.1) is 0 Å². The SMILES string of the molecule is CCCCc1ccc(NC(=O)N(CC)CC)cc1. The van der Waals surface area contributed by atoms with Gasteiger partial charge in [0.05, 0.1) is 0 Å². The van der Waals surface area contributed by atoms with Gasteiger partial charge in [0.25, 0.3) is 0 Å². The Bertz CT molecular complexity index is 355. The Morgan fingerprint density at radius 1 is 1.11 bits per heavy atom. The lowest BCUT2D eigenvalue weighted by Crippen LogP contribution is -2.34. The standard InChI is InChI=1S/C15H24N2O/c1-4-7-8-13-9-11-14(12-10-13)16-15(18)17(5-2)6-3/h9-12H,4-8H2,1-3H3,(H,16,18). The van der Waals surface area contributed by atoms with E-state index in [1.807, 2.05) is 26.0 Å². The zero-order chi connectivity index (χ0) is 13.4. The zero-order valence-corrected chi connectivity index (χ0v) is 11.7. The molecule has 0 radical (unpaired) electrons.